The first-order valence-electron chi connectivity index (χ1n) is 11.2. The van der Waals surface area contributed by atoms with E-state index in [4.69, 9.17) is 46.4 Å². The smallest absolute Gasteiger partial charge is 0.871 e. The van der Waals surface area contributed by atoms with Gasteiger partial charge in [-0.2, -0.15) is 10.2 Å². The van der Waals surface area contributed by atoms with Gasteiger partial charge in [0.1, 0.15) is 0 Å². The van der Waals surface area contributed by atoms with Crippen LogP contribution in [-0.2, 0) is 17.1 Å². The summed E-state index contributed by atoms with van der Waals surface area (Å²) in [6.45, 7) is 0. The molecule has 0 spiro atoms. The number of benzene rings is 4. The summed E-state index contributed by atoms with van der Waals surface area (Å²) < 4.78 is 0. The maximum atomic E-state index is 11.7. The van der Waals surface area contributed by atoms with E-state index >= 15 is 0 Å². The topological polar surface area (TPSA) is 129 Å². The monoisotopic (exact) mass is 677 g/mol. The van der Waals surface area contributed by atoms with Gasteiger partial charge in [-0.1, -0.05) is 94.3 Å². The molecule has 213 valence electrons. The van der Waals surface area contributed by atoms with Gasteiger partial charge in [0, 0.05) is 31.2 Å². The van der Waals surface area contributed by atoms with E-state index in [1.54, 1.807) is 60.7 Å². The van der Waals surface area contributed by atoms with Gasteiger partial charge in [-0.05, 0) is 59.7 Å². The third-order valence-corrected chi connectivity index (χ3v) is 5.88. The van der Waals surface area contributed by atoms with E-state index in [9.17, 15) is 19.8 Å². The second-order valence-corrected chi connectivity index (χ2v) is 9.43. The molecule has 0 unspecified atom stereocenters. The molecule has 0 atom stereocenters. The third kappa shape index (κ3) is 10.4. The number of carbonyl (C=O) groups is 2. The number of amides is 2. The zero-order valence-electron chi connectivity index (χ0n) is 20.6. The van der Waals surface area contributed by atoms with Gasteiger partial charge in [0.05, 0.1) is 12.4 Å². The third-order valence-electron chi connectivity index (χ3n) is 4.89. The summed E-state index contributed by atoms with van der Waals surface area (Å²) in [5, 5.41) is 31.4. The van der Waals surface area contributed by atoms with Crippen molar-refractivity contribution < 1.29 is 36.9 Å². The normalized spacial score (nSPS) is 10.4. The van der Waals surface area contributed by atoms with Gasteiger partial charge >= 0.3 is 17.1 Å². The number of halogens is 4. The summed E-state index contributed by atoms with van der Waals surface area (Å²) in [5.74, 6) is -1.53. The number of nitrogens with zero attached hydrogens (tertiary/aromatic N) is 2. The van der Waals surface area contributed by atoms with E-state index in [1.807, 2.05) is 0 Å². The van der Waals surface area contributed by atoms with Crippen LogP contribution in [0.4, 0.5) is 0 Å². The predicted molar refractivity (Wildman–Crippen MR) is 155 cm³/mol. The Kier molecular flexibility index (Phi) is 13.7. The molecule has 0 aliphatic rings. The summed E-state index contributed by atoms with van der Waals surface area (Å²) in [7, 11) is 0. The minimum absolute atomic E-state index is 0. The van der Waals surface area contributed by atoms with Gasteiger partial charge in [0.25, 0.3) is 11.8 Å². The maximum Gasteiger partial charge on any atom is 2.00 e. The van der Waals surface area contributed by atoms with E-state index in [2.05, 4.69) is 21.1 Å². The van der Waals surface area contributed by atoms with Crippen molar-refractivity contribution in [3.05, 3.63) is 127 Å². The SMILES string of the molecule is O=C(N/N=C\c1cc(Cl)cc(Cl)c1[O-])c1ccccc1.O=C(N/N=C\c1cc(Cl)cc(Cl)c1[O-])c1ccccc1.[Cu+2]. The Balaban J connectivity index is 0.000000280. The molecule has 2 amide bonds. The van der Waals surface area contributed by atoms with E-state index in [0.717, 1.165) is 0 Å². The van der Waals surface area contributed by atoms with Crippen molar-refractivity contribution in [2.24, 2.45) is 10.2 Å². The number of rotatable bonds is 6. The Hall–Kier alpha value is -3.56. The van der Waals surface area contributed by atoms with Gasteiger partial charge in [0.15, 0.2) is 0 Å². The number of hydrazone groups is 2. The molecule has 8 nitrogen and oxygen atoms in total. The molecular formula is C28H18Cl4CuN4O4. The molecule has 13 heteroatoms. The number of nitrogens with one attached hydrogen (secondary N) is 2. The van der Waals surface area contributed by atoms with Gasteiger partial charge in [-0.3, -0.25) is 9.59 Å². The van der Waals surface area contributed by atoms with Crippen LogP contribution in [0.2, 0.25) is 20.1 Å². The summed E-state index contributed by atoms with van der Waals surface area (Å²) in [6, 6.07) is 22.7. The molecule has 0 saturated carbocycles. The van der Waals surface area contributed by atoms with Crippen LogP contribution in [0.1, 0.15) is 31.8 Å². The molecule has 0 fully saturated rings. The van der Waals surface area contributed by atoms with E-state index in [-0.39, 0.29) is 50.1 Å². The largest absolute Gasteiger partial charge is 2.00 e. The standard InChI is InChI=1S/2C14H10Cl2N2O2.Cu/c2*15-11-6-10(13(19)12(16)7-11)8-17-18-14(20)9-4-2-1-3-5-9;/h2*1-8,19H,(H,18,20);/q;;+2/p-2/b2*17-8-;. The second kappa shape index (κ2) is 16.6. The van der Waals surface area contributed by atoms with Crippen molar-refractivity contribution in [3.63, 3.8) is 0 Å². The van der Waals surface area contributed by atoms with Crippen molar-refractivity contribution in [1.29, 1.82) is 0 Å². The molecule has 0 heterocycles. The van der Waals surface area contributed by atoms with Crippen LogP contribution in [0, 0.1) is 0 Å². The van der Waals surface area contributed by atoms with Crippen LogP contribution in [-0.4, -0.2) is 24.2 Å². The van der Waals surface area contributed by atoms with Crippen LogP contribution >= 0.6 is 46.4 Å². The Morgan fingerprint density at radius 2 is 0.951 bits per heavy atom. The minimum atomic E-state index is -0.395. The molecule has 0 aromatic heterocycles. The van der Waals surface area contributed by atoms with Crippen LogP contribution in [0.25, 0.3) is 0 Å². The van der Waals surface area contributed by atoms with Crippen LogP contribution in [0.5, 0.6) is 11.5 Å². The predicted octanol–water partition coefficient (Wildman–Crippen LogP) is 5.66. The average Bonchev–Trinajstić information content (AvgIpc) is 2.95. The summed E-state index contributed by atoms with van der Waals surface area (Å²) in [4.78, 5) is 23.4. The Labute approximate surface area is 266 Å². The Morgan fingerprint density at radius 1 is 0.610 bits per heavy atom. The molecule has 0 aliphatic carbocycles. The molecule has 4 aromatic rings. The van der Waals surface area contributed by atoms with Crippen LogP contribution in [0.3, 0.4) is 0 Å². The minimum Gasteiger partial charge on any atom is -0.871 e. The molecule has 41 heavy (non-hydrogen) atoms. The summed E-state index contributed by atoms with van der Waals surface area (Å²) in [6.07, 6.45) is 2.42. The first-order chi connectivity index (χ1) is 19.2. The molecule has 0 saturated heterocycles. The first kappa shape index (κ1) is 33.6. The summed E-state index contributed by atoms with van der Waals surface area (Å²) in [5.41, 5.74) is 5.98. The van der Waals surface area contributed by atoms with Crippen molar-refractivity contribution in [1.82, 2.24) is 10.9 Å². The van der Waals surface area contributed by atoms with Gasteiger partial charge < -0.3 is 10.2 Å². The molecule has 0 aliphatic heterocycles. The quantitative estimate of drug-likeness (QED) is 0.155. The number of hydrogen-bond acceptors (Lipinski definition) is 6. The first-order valence-corrected chi connectivity index (χ1v) is 12.8. The van der Waals surface area contributed by atoms with Crippen molar-refractivity contribution >= 4 is 70.6 Å². The molecular weight excluding hydrogens is 662 g/mol. The van der Waals surface area contributed by atoms with Crippen molar-refractivity contribution in [3.8, 4) is 11.5 Å². The fourth-order valence-corrected chi connectivity index (χ4v) is 4.00. The van der Waals surface area contributed by atoms with E-state index in [1.165, 1.54) is 36.7 Å². The zero-order chi connectivity index (χ0) is 29.1. The molecule has 2 N–H and O–H groups in total. The van der Waals surface area contributed by atoms with Crippen LogP contribution < -0.4 is 21.1 Å². The fourth-order valence-electron chi connectivity index (χ4n) is 2.98. The Morgan fingerprint density at radius 3 is 1.29 bits per heavy atom. The number of carbonyl (C=O) groups excluding carboxylic acids is 2. The van der Waals surface area contributed by atoms with E-state index in [0.29, 0.717) is 21.2 Å². The molecule has 4 aromatic carbocycles. The van der Waals surface area contributed by atoms with E-state index < -0.39 is 11.5 Å². The second-order valence-electron chi connectivity index (χ2n) is 7.74. The van der Waals surface area contributed by atoms with Gasteiger partial charge in [0.2, 0.25) is 0 Å². The average molecular weight is 680 g/mol. The maximum absolute atomic E-state index is 11.7. The van der Waals surface area contributed by atoms with Crippen molar-refractivity contribution in [2.45, 2.75) is 0 Å². The molecule has 4 rings (SSSR count). The zero-order valence-corrected chi connectivity index (χ0v) is 24.5. The van der Waals surface area contributed by atoms with Gasteiger partial charge in [-0.15, -0.1) is 0 Å². The van der Waals surface area contributed by atoms with Gasteiger partial charge in [-0.25, -0.2) is 10.9 Å². The molecule has 1 radical (unpaired) electrons. The molecule has 0 bridgehead atoms. The summed E-state index contributed by atoms with van der Waals surface area (Å²) >= 11 is 23.0. The van der Waals surface area contributed by atoms with Crippen molar-refractivity contribution in [2.75, 3.05) is 0 Å². The number of hydrogen-bond donors (Lipinski definition) is 2. The van der Waals surface area contributed by atoms with Crippen LogP contribution in [0.15, 0.2) is 95.1 Å². The Bertz CT molecular complexity index is 1440. The fraction of sp³-hybridized carbons (Fsp3) is 0.